The topological polar surface area (TPSA) is 80.5 Å². The lowest BCUT2D eigenvalue weighted by molar-refractivity contribution is 0.585. The Kier molecular flexibility index (Phi) is 2.68. The third-order valence-corrected chi connectivity index (χ3v) is 2.09. The van der Waals surface area contributed by atoms with Gasteiger partial charge in [0, 0.05) is 0 Å². The molecule has 0 spiro atoms. The fraction of sp³-hybridized carbons (Fsp3) is 0.222. The smallest absolute Gasteiger partial charge is 0.191 e. The molecule has 2 rings (SSSR count). The van der Waals surface area contributed by atoms with Gasteiger partial charge in [0.15, 0.2) is 5.82 Å². The highest BCUT2D eigenvalue weighted by Crippen LogP contribution is 2.14. The Hall–Kier alpha value is -1.82. The highest BCUT2D eigenvalue weighted by atomic mass is 19.1. The maximum Gasteiger partial charge on any atom is 0.191 e. The molecule has 0 aliphatic carbocycles. The van der Waals surface area contributed by atoms with E-state index in [0.717, 1.165) is 0 Å². The van der Waals surface area contributed by atoms with Gasteiger partial charge in [-0.1, -0.05) is 23.4 Å². The van der Waals surface area contributed by atoms with E-state index in [2.05, 4.69) is 20.6 Å². The molecule has 6 heteroatoms. The van der Waals surface area contributed by atoms with E-state index in [9.17, 15) is 4.39 Å². The predicted molar refractivity (Wildman–Crippen MR) is 51.2 cm³/mol. The summed E-state index contributed by atoms with van der Waals surface area (Å²) in [5.41, 5.74) is 6.34. The van der Waals surface area contributed by atoms with Gasteiger partial charge in [-0.2, -0.15) is 5.21 Å². The number of benzene rings is 1. The van der Waals surface area contributed by atoms with Gasteiger partial charge in [0.25, 0.3) is 0 Å². The summed E-state index contributed by atoms with van der Waals surface area (Å²) in [5, 5.41) is 13.2. The fourth-order valence-corrected chi connectivity index (χ4v) is 1.32. The molecule has 0 bridgehead atoms. The third-order valence-electron chi connectivity index (χ3n) is 2.09. The van der Waals surface area contributed by atoms with Crippen LogP contribution in [0.25, 0.3) is 0 Å². The van der Waals surface area contributed by atoms with Gasteiger partial charge in [-0.15, -0.1) is 10.2 Å². The first-order valence-corrected chi connectivity index (χ1v) is 4.49. The minimum Gasteiger partial charge on any atom is -0.321 e. The van der Waals surface area contributed by atoms with Gasteiger partial charge < -0.3 is 5.73 Å². The van der Waals surface area contributed by atoms with Crippen molar-refractivity contribution in [2.24, 2.45) is 5.73 Å². The summed E-state index contributed by atoms with van der Waals surface area (Å²) in [6.45, 7) is 0. The van der Waals surface area contributed by atoms with Crippen LogP contribution in [-0.2, 0) is 6.42 Å². The zero-order valence-electron chi connectivity index (χ0n) is 7.89. The molecule has 1 heterocycles. The van der Waals surface area contributed by atoms with Crippen LogP contribution in [0.1, 0.15) is 17.4 Å². The van der Waals surface area contributed by atoms with E-state index in [1.807, 2.05) is 0 Å². The molecule has 15 heavy (non-hydrogen) atoms. The number of nitrogens with two attached hydrogens (primary N) is 1. The summed E-state index contributed by atoms with van der Waals surface area (Å²) in [6, 6.07) is 6.05. The number of tetrazole rings is 1. The molecule has 1 aromatic heterocycles. The lowest BCUT2D eigenvalue weighted by atomic mass is 10.1. The van der Waals surface area contributed by atoms with Crippen molar-refractivity contribution in [3.8, 4) is 0 Å². The Morgan fingerprint density at radius 2 is 2.20 bits per heavy atom. The highest BCUT2D eigenvalue weighted by Gasteiger charge is 2.13. The van der Waals surface area contributed by atoms with E-state index >= 15 is 0 Å². The molecule has 0 radical (unpaired) electrons. The van der Waals surface area contributed by atoms with E-state index in [-0.39, 0.29) is 5.82 Å². The van der Waals surface area contributed by atoms with Gasteiger partial charge in [0.1, 0.15) is 5.82 Å². The van der Waals surface area contributed by atoms with Crippen LogP contribution in [0.2, 0.25) is 0 Å². The van der Waals surface area contributed by atoms with Crippen LogP contribution in [0.5, 0.6) is 0 Å². The minimum absolute atomic E-state index is 0.267. The van der Waals surface area contributed by atoms with Crippen LogP contribution in [0, 0.1) is 5.82 Å². The largest absolute Gasteiger partial charge is 0.321 e. The first-order valence-electron chi connectivity index (χ1n) is 4.49. The molecule has 0 saturated heterocycles. The number of nitrogens with one attached hydrogen (secondary N) is 1. The van der Waals surface area contributed by atoms with E-state index in [0.29, 0.717) is 17.8 Å². The molecule has 0 aliphatic heterocycles. The van der Waals surface area contributed by atoms with Crippen LogP contribution in [0.15, 0.2) is 24.3 Å². The number of hydrogen-bond acceptors (Lipinski definition) is 4. The average molecular weight is 207 g/mol. The molecule has 5 nitrogen and oxygen atoms in total. The molecule has 1 unspecified atom stereocenters. The molecule has 0 aliphatic rings. The molecular weight excluding hydrogens is 197 g/mol. The van der Waals surface area contributed by atoms with Crippen molar-refractivity contribution in [2.45, 2.75) is 12.5 Å². The Labute approximate surface area is 85.5 Å². The second-order valence-corrected chi connectivity index (χ2v) is 3.17. The van der Waals surface area contributed by atoms with Crippen molar-refractivity contribution in [1.82, 2.24) is 20.6 Å². The summed E-state index contributed by atoms with van der Waals surface area (Å²) >= 11 is 0. The molecule has 3 N–H and O–H groups in total. The Morgan fingerprint density at radius 3 is 2.87 bits per heavy atom. The van der Waals surface area contributed by atoms with Gasteiger partial charge in [0.2, 0.25) is 0 Å². The van der Waals surface area contributed by atoms with Crippen molar-refractivity contribution < 1.29 is 4.39 Å². The maximum absolute atomic E-state index is 13.3. The Bertz CT molecular complexity index is 428. The van der Waals surface area contributed by atoms with Crippen LogP contribution in [0.3, 0.4) is 0 Å². The summed E-state index contributed by atoms with van der Waals surface area (Å²) in [5.74, 6) is 0.120. The number of halogens is 1. The molecule has 1 atom stereocenters. The maximum atomic E-state index is 13.3. The van der Waals surface area contributed by atoms with Crippen LogP contribution in [0.4, 0.5) is 4.39 Å². The minimum atomic E-state index is -0.444. The van der Waals surface area contributed by atoms with Gasteiger partial charge in [-0.25, -0.2) is 4.39 Å². The van der Waals surface area contributed by atoms with Gasteiger partial charge in [-0.05, 0) is 18.1 Å². The second-order valence-electron chi connectivity index (χ2n) is 3.17. The lowest BCUT2D eigenvalue weighted by Crippen LogP contribution is -2.15. The fourth-order valence-electron chi connectivity index (χ4n) is 1.32. The molecule has 2 aromatic rings. The average Bonchev–Trinajstić information content (AvgIpc) is 2.74. The summed E-state index contributed by atoms with van der Waals surface area (Å²) < 4.78 is 13.3. The lowest BCUT2D eigenvalue weighted by Gasteiger charge is -2.07. The number of aromatic nitrogens is 4. The van der Waals surface area contributed by atoms with Crippen LogP contribution >= 0.6 is 0 Å². The van der Waals surface area contributed by atoms with E-state index in [1.54, 1.807) is 18.2 Å². The van der Waals surface area contributed by atoms with Gasteiger partial charge in [-0.3, -0.25) is 0 Å². The summed E-state index contributed by atoms with van der Waals surface area (Å²) in [6.07, 6.45) is 0.353. The summed E-state index contributed by atoms with van der Waals surface area (Å²) in [7, 11) is 0. The first kappa shape index (κ1) is 9.72. The quantitative estimate of drug-likeness (QED) is 0.771. The molecule has 0 saturated carbocycles. The molecular formula is C9H10FN5. The normalized spacial score (nSPS) is 12.7. The van der Waals surface area contributed by atoms with Gasteiger partial charge >= 0.3 is 0 Å². The zero-order valence-corrected chi connectivity index (χ0v) is 7.89. The predicted octanol–water partition coefficient (Wildman–Crippen LogP) is 0.581. The molecule has 78 valence electrons. The number of aromatic amines is 1. The summed E-state index contributed by atoms with van der Waals surface area (Å²) in [4.78, 5) is 0. The van der Waals surface area contributed by atoms with Crippen LogP contribution < -0.4 is 5.73 Å². The van der Waals surface area contributed by atoms with Crippen molar-refractivity contribution in [3.63, 3.8) is 0 Å². The number of nitrogens with zero attached hydrogens (tertiary/aromatic N) is 3. The van der Waals surface area contributed by atoms with Crippen LogP contribution in [-0.4, -0.2) is 20.6 Å². The number of hydrogen-bond donors (Lipinski definition) is 2. The monoisotopic (exact) mass is 207 g/mol. The van der Waals surface area contributed by atoms with Crippen molar-refractivity contribution in [2.75, 3.05) is 0 Å². The van der Waals surface area contributed by atoms with E-state index in [1.165, 1.54) is 6.07 Å². The van der Waals surface area contributed by atoms with Gasteiger partial charge in [0.05, 0.1) is 6.04 Å². The Balaban J connectivity index is 2.13. The number of rotatable bonds is 3. The first-order chi connectivity index (χ1) is 7.27. The third kappa shape index (κ3) is 2.16. The van der Waals surface area contributed by atoms with Crippen molar-refractivity contribution in [3.05, 3.63) is 41.5 Å². The van der Waals surface area contributed by atoms with Crippen molar-refractivity contribution >= 4 is 0 Å². The Morgan fingerprint density at radius 1 is 1.40 bits per heavy atom. The van der Waals surface area contributed by atoms with E-state index in [4.69, 9.17) is 5.73 Å². The second kappa shape index (κ2) is 4.14. The standard InChI is InChI=1S/C9H10FN5/c10-7-4-2-1-3-6(7)5-8(11)9-12-14-15-13-9/h1-4,8H,5,11H2,(H,12,13,14,15). The SMILES string of the molecule is NC(Cc1ccccc1F)c1nn[nH]n1. The number of H-pyrrole nitrogens is 1. The molecule has 1 aromatic carbocycles. The van der Waals surface area contributed by atoms with Crippen molar-refractivity contribution in [1.29, 1.82) is 0 Å². The zero-order chi connectivity index (χ0) is 10.7. The highest BCUT2D eigenvalue weighted by molar-refractivity contribution is 5.19. The molecule has 0 fully saturated rings. The molecule has 0 amide bonds. The van der Waals surface area contributed by atoms with E-state index < -0.39 is 6.04 Å².